The molecule has 1 N–H and O–H groups in total. The molecule has 0 unspecified atom stereocenters. The standard InChI is InChI=1S/C12H19N5O2S/c1-18-8-10-14-15-12-17(10)16-11(20-12)4-7-19-9-2-5-13-6-3-9/h9,13H,2-8H2,1H3. The van der Waals surface area contributed by atoms with Crippen molar-refractivity contribution in [1.82, 2.24) is 25.1 Å². The van der Waals surface area contributed by atoms with Crippen molar-refractivity contribution < 1.29 is 9.47 Å². The summed E-state index contributed by atoms with van der Waals surface area (Å²) in [6.07, 6.45) is 3.42. The van der Waals surface area contributed by atoms with E-state index in [0.717, 1.165) is 48.1 Å². The van der Waals surface area contributed by atoms with Crippen LogP contribution in [0.1, 0.15) is 23.7 Å². The summed E-state index contributed by atoms with van der Waals surface area (Å²) in [4.78, 5) is 0.814. The van der Waals surface area contributed by atoms with Crippen LogP contribution < -0.4 is 5.32 Å². The van der Waals surface area contributed by atoms with E-state index in [1.165, 1.54) is 0 Å². The Morgan fingerprint density at radius 2 is 2.20 bits per heavy atom. The Kier molecular flexibility index (Phi) is 4.56. The molecule has 2 aromatic heterocycles. The molecule has 0 spiro atoms. The van der Waals surface area contributed by atoms with Gasteiger partial charge in [0, 0.05) is 13.5 Å². The van der Waals surface area contributed by atoms with Crippen molar-refractivity contribution in [3.8, 4) is 0 Å². The van der Waals surface area contributed by atoms with Crippen LogP contribution in [0.2, 0.25) is 0 Å². The van der Waals surface area contributed by atoms with E-state index >= 15 is 0 Å². The highest BCUT2D eigenvalue weighted by atomic mass is 32.1. The molecule has 0 atom stereocenters. The summed E-state index contributed by atoms with van der Waals surface area (Å²) in [5, 5.41) is 17.0. The molecule has 0 radical (unpaired) electrons. The van der Waals surface area contributed by atoms with Gasteiger partial charge in [-0.25, -0.2) is 0 Å². The zero-order valence-electron chi connectivity index (χ0n) is 11.5. The number of rotatable bonds is 6. The highest BCUT2D eigenvalue weighted by Crippen LogP contribution is 2.15. The molecular formula is C12H19N5O2S. The van der Waals surface area contributed by atoms with E-state index in [4.69, 9.17) is 9.47 Å². The van der Waals surface area contributed by atoms with Gasteiger partial charge in [-0.15, -0.1) is 10.2 Å². The van der Waals surface area contributed by atoms with Crippen molar-refractivity contribution in [2.45, 2.75) is 32.0 Å². The van der Waals surface area contributed by atoms with Gasteiger partial charge in [0.05, 0.1) is 12.7 Å². The lowest BCUT2D eigenvalue weighted by Gasteiger charge is -2.22. The minimum Gasteiger partial charge on any atom is -0.378 e. The van der Waals surface area contributed by atoms with Gasteiger partial charge >= 0.3 is 0 Å². The molecule has 0 aromatic carbocycles. The third kappa shape index (κ3) is 3.14. The monoisotopic (exact) mass is 297 g/mol. The van der Waals surface area contributed by atoms with E-state index in [-0.39, 0.29) is 0 Å². The van der Waals surface area contributed by atoms with Crippen molar-refractivity contribution in [3.63, 3.8) is 0 Å². The molecule has 1 fully saturated rings. The van der Waals surface area contributed by atoms with Gasteiger partial charge in [-0.05, 0) is 25.9 Å². The number of hydrogen-bond acceptors (Lipinski definition) is 7. The molecule has 8 heteroatoms. The Hall–Kier alpha value is -1.09. The number of nitrogens with zero attached hydrogens (tertiary/aromatic N) is 4. The molecule has 1 aliphatic heterocycles. The summed E-state index contributed by atoms with van der Waals surface area (Å²) < 4.78 is 12.7. The summed E-state index contributed by atoms with van der Waals surface area (Å²) in [6, 6.07) is 0. The zero-order valence-corrected chi connectivity index (χ0v) is 12.4. The molecule has 2 aromatic rings. The van der Waals surface area contributed by atoms with Crippen molar-refractivity contribution >= 4 is 16.3 Å². The Morgan fingerprint density at radius 1 is 1.35 bits per heavy atom. The highest BCUT2D eigenvalue weighted by Gasteiger charge is 2.14. The Morgan fingerprint density at radius 3 is 3.00 bits per heavy atom. The highest BCUT2D eigenvalue weighted by molar-refractivity contribution is 7.16. The van der Waals surface area contributed by atoms with Gasteiger partial charge in [-0.2, -0.15) is 9.61 Å². The van der Waals surface area contributed by atoms with E-state index in [0.29, 0.717) is 19.3 Å². The molecule has 1 aliphatic rings. The topological polar surface area (TPSA) is 73.6 Å². The summed E-state index contributed by atoms with van der Waals surface area (Å²) in [7, 11) is 1.64. The number of hydrogen-bond donors (Lipinski definition) is 1. The fourth-order valence-corrected chi connectivity index (χ4v) is 3.13. The van der Waals surface area contributed by atoms with Crippen molar-refractivity contribution in [2.75, 3.05) is 26.8 Å². The van der Waals surface area contributed by atoms with Crippen LogP contribution in [0.25, 0.3) is 4.96 Å². The second-order valence-corrected chi connectivity index (χ2v) is 5.85. The number of methoxy groups -OCH3 is 1. The molecule has 20 heavy (non-hydrogen) atoms. The molecule has 0 bridgehead atoms. The minimum absolute atomic E-state index is 0.394. The summed E-state index contributed by atoms with van der Waals surface area (Å²) in [6.45, 7) is 3.26. The SMILES string of the molecule is COCc1nnc2sc(CCOC3CCNCC3)nn12. The second-order valence-electron chi connectivity index (χ2n) is 4.81. The van der Waals surface area contributed by atoms with Crippen molar-refractivity contribution in [1.29, 1.82) is 0 Å². The molecule has 7 nitrogen and oxygen atoms in total. The van der Waals surface area contributed by atoms with Crippen LogP contribution in [0.15, 0.2) is 0 Å². The van der Waals surface area contributed by atoms with Crippen LogP contribution in [0.3, 0.4) is 0 Å². The van der Waals surface area contributed by atoms with Crippen molar-refractivity contribution in [3.05, 3.63) is 10.8 Å². The smallest absolute Gasteiger partial charge is 0.234 e. The third-order valence-corrected chi connectivity index (χ3v) is 4.28. The average molecular weight is 297 g/mol. The lowest BCUT2D eigenvalue weighted by atomic mass is 10.1. The average Bonchev–Trinajstić information content (AvgIpc) is 3.02. The molecule has 110 valence electrons. The summed E-state index contributed by atoms with van der Waals surface area (Å²) >= 11 is 1.56. The number of piperidine rings is 1. The first-order valence-corrected chi connectivity index (χ1v) is 7.69. The molecule has 1 saturated heterocycles. The number of ether oxygens (including phenoxy) is 2. The first-order valence-electron chi connectivity index (χ1n) is 6.88. The van der Waals surface area contributed by atoms with Crippen LogP contribution in [-0.2, 0) is 22.5 Å². The summed E-state index contributed by atoms with van der Waals surface area (Å²) in [5.41, 5.74) is 0. The molecule has 3 heterocycles. The predicted molar refractivity (Wildman–Crippen MR) is 74.9 cm³/mol. The van der Waals surface area contributed by atoms with Gasteiger partial charge in [0.1, 0.15) is 11.6 Å². The van der Waals surface area contributed by atoms with Gasteiger partial charge in [0.25, 0.3) is 0 Å². The van der Waals surface area contributed by atoms with Gasteiger partial charge in [-0.1, -0.05) is 11.3 Å². The molecule has 3 rings (SSSR count). The van der Waals surface area contributed by atoms with Crippen molar-refractivity contribution in [2.24, 2.45) is 0 Å². The van der Waals surface area contributed by atoms with Gasteiger partial charge < -0.3 is 14.8 Å². The molecular weight excluding hydrogens is 278 g/mol. The molecule has 0 aliphatic carbocycles. The normalized spacial score (nSPS) is 17.1. The lowest BCUT2D eigenvalue weighted by Crippen LogP contribution is -2.32. The van der Waals surface area contributed by atoms with Crippen LogP contribution in [0.5, 0.6) is 0 Å². The third-order valence-electron chi connectivity index (χ3n) is 3.33. The largest absolute Gasteiger partial charge is 0.378 e. The number of fused-ring (bicyclic) bond motifs is 1. The number of nitrogens with one attached hydrogen (secondary N) is 1. The van der Waals surface area contributed by atoms with Crippen LogP contribution in [0, 0.1) is 0 Å². The second kappa shape index (κ2) is 6.57. The maximum absolute atomic E-state index is 5.89. The Bertz CT molecular complexity index is 549. The van der Waals surface area contributed by atoms with Gasteiger partial charge in [-0.3, -0.25) is 0 Å². The van der Waals surface area contributed by atoms with Gasteiger partial charge in [0.15, 0.2) is 5.82 Å². The lowest BCUT2D eigenvalue weighted by molar-refractivity contribution is 0.0348. The molecule has 0 saturated carbocycles. The first kappa shape index (κ1) is 13.9. The maximum Gasteiger partial charge on any atom is 0.234 e. The minimum atomic E-state index is 0.394. The number of aromatic nitrogens is 4. The first-order chi connectivity index (χ1) is 9.86. The van der Waals surface area contributed by atoms with Gasteiger partial charge in [0.2, 0.25) is 4.96 Å². The zero-order chi connectivity index (χ0) is 13.8. The Labute approximate surface area is 121 Å². The fraction of sp³-hybridized carbons (Fsp3) is 0.750. The predicted octanol–water partition coefficient (Wildman–Crippen LogP) is 0.643. The van der Waals surface area contributed by atoms with Crippen LogP contribution >= 0.6 is 11.3 Å². The van der Waals surface area contributed by atoms with E-state index in [1.807, 2.05) is 0 Å². The molecule has 0 amide bonds. The van der Waals surface area contributed by atoms with Crippen LogP contribution in [0.4, 0.5) is 0 Å². The Balaban J connectivity index is 1.54. The van der Waals surface area contributed by atoms with E-state index in [9.17, 15) is 0 Å². The maximum atomic E-state index is 5.89. The fourth-order valence-electron chi connectivity index (χ4n) is 2.29. The van der Waals surface area contributed by atoms with Crippen LogP contribution in [-0.4, -0.2) is 52.7 Å². The quantitative estimate of drug-likeness (QED) is 0.843. The van der Waals surface area contributed by atoms with E-state index in [2.05, 4.69) is 20.6 Å². The van der Waals surface area contributed by atoms with E-state index in [1.54, 1.807) is 23.0 Å². The summed E-state index contributed by atoms with van der Waals surface area (Å²) in [5.74, 6) is 0.740. The van der Waals surface area contributed by atoms with E-state index < -0.39 is 0 Å².